The quantitative estimate of drug-likeness (QED) is 0.925. The first kappa shape index (κ1) is 16.0. The van der Waals surface area contributed by atoms with Crippen molar-refractivity contribution in [2.75, 3.05) is 13.1 Å². The molecule has 1 amide bonds. The van der Waals surface area contributed by atoms with Gasteiger partial charge in [-0.05, 0) is 24.8 Å². The van der Waals surface area contributed by atoms with E-state index in [0.29, 0.717) is 6.42 Å². The molecule has 19 heavy (non-hydrogen) atoms. The third kappa shape index (κ3) is 4.84. The third-order valence-electron chi connectivity index (χ3n) is 3.53. The van der Waals surface area contributed by atoms with Crippen molar-refractivity contribution in [3.63, 3.8) is 0 Å². The first-order valence-electron chi connectivity index (χ1n) is 6.85. The van der Waals surface area contributed by atoms with Crippen LogP contribution in [0.5, 0.6) is 0 Å². The first-order valence-corrected chi connectivity index (χ1v) is 6.85. The third-order valence-corrected chi connectivity index (χ3v) is 3.53. The van der Waals surface area contributed by atoms with Crippen molar-refractivity contribution in [1.82, 2.24) is 4.90 Å². The number of rotatable bonds is 3. The molecule has 1 heterocycles. The van der Waals surface area contributed by atoms with Gasteiger partial charge in [-0.1, -0.05) is 43.2 Å². The Labute approximate surface area is 121 Å². The van der Waals surface area contributed by atoms with Crippen molar-refractivity contribution in [2.24, 2.45) is 5.73 Å². The van der Waals surface area contributed by atoms with E-state index in [9.17, 15) is 4.79 Å². The fraction of sp³-hybridized carbons (Fsp3) is 0.533. The van der Waals surface area contributed by atoms with Crippen LogP contribution in [0.2, 0.25) is 0 Å². The van der Waals surface area contributed by atoms with E-state index in [2.05, 4.69) is 0 Å². The minimum Gasteiger partial charge on any atom is -0.341 e. The van der Waals surface area contributed by atoms with E-state index in [1.807, 2.05) is 35.2 Å². The lowest BCUT2D eigenvalue weighted by molar-refractivity contribution is -0.132. The zero-order valence-electron chi connectivity index (χ0n) is 11.3. The standard InChI is InChI=1S/C15H22N2O.ClH/c16-14(12-13-8-4-3-5-9-13)15(18)17-10-6-1-2-7-11-17;/h3-5,8-9,14H,1-2,6-7,10-12,16H2;1H/t14-;/m0./s1. The van der Waals surface area contributed by atoms with E-state index >= 15 is 0 Å². The fourth-order valence-corrected chi connectivity index (χ4v) is 2.48. The highest BCUT2D eigenvalue weighted by molar-refractivity contribution is 5.85. The molecule has 0 aliphatic carbocycles. The minimum absolute atomic E-state index is 0. The zero-order chi connectivity index (χ0) is 12.8. The van der Waals surface area contributed by atoms with E-state index in [1.165, 1.54) is 12.8 Å². The van der Waals surface area contributed by atoms with Gasteiger partial charge in [0, 0.05) is 13.1 Å². The Morgan fingerprint density at radius 3 is 2.26 bits per heavy atom. The van der Waals surface area contributed by atoms with Gasteiger partial charge >= 0.3 is 0 Å². The molecule has 1 fully saturated rings. The number of amides is 1. The van der Waals surface area contributed by atoms with Crippen LogP contribution in [0.1, 0.15) is 31.2 Å². The summed E-state index contributed by atoms with van der Waals surface area (Å²) in [5, 5.41) is 0. The number of carbonyl (C=O) groups excluding carboxylic acids is 1. The van der Waals surface area contributed by atoms with Crippen LogP contribution in [-0.2, 0) is 11.2 Å². The molecule has 1 aliphatic rings. The van der Waals surface area contributed by atoms with Crippen molar-refractivity contribution < 1.29 is 4.79 Å². The van der Waals surface area contributed by atoms with Crippen LogP contribution in [0.25, 0.3) is 0 Å². The Morgan fingerprint density at radius 2 is 1.68 bits per heavy atom. The first-order chi connectivity index (χ1) is 8.77. The number of halogens is 1. The maximum atomic E-state index is 12.3. The Morgan fingerprint density at radius 1 is 1.11 bits per heavy atom. The normalized spacial score (nSPS) is 17.2. The molecule has 106 valence electrons. The van der Waals surface area contributed by atoms with Gasteiger partial charge in [-0.15, -0.1) is 12.4 Å². The topological polar surface area (TPSA) is 46.3 Å². The summed E-state index contributed by atoms with van der Waals surface area (Å²) in [6, 6.07) is 9.60. The second kappa shape index (κ2) is 8.18. The summed E-state index contributed by atoms with van der Waals surface area (Å²) in [7, 11) is 0. The van der Waals surface area contributed by atoms with E-state index < -0.39 is 6.04 Å². The molecule has 0 spiro atoms. The summed E-state index contributed by atoms with van der Waals surface area (Å²) in [4.78, 5) is 14.2. The lowest BCUT2D eigenvalue weighted by Crippen LogP contribution is -2.45. The molecule has 1 aliphatic heterocycles. The van der Waals surface area contributed by atoms with Crippen LogP contribution >= 0.6 is 12.4 Å². The molecule has 2 N–H and O–H groups in total. The van der Waals surface area contributed by atoms with E-state index in [1.54, 1.807) is 0 Å². The number of nitrogens with zero attached hydrogens (tertiary/aromatic N) is 1. The van der Waals surface area contributed by atoms with Gasteiger partial charge in [-0.2, -0.15) is 0 Å². The highest BCUT2D eigenvalue weighted by Crippen LogP contribution is 2.11. The van der Waals surface area contributed by atoms with Crippen LogP contribution in [0, 0.1) is 0 Å². The molecular formula is C15H23ClN2O. The second-order valence-electron chi connectivity index (χ2n) is 5.04. The number of nitrogens with two attached hydrogens (primary N) is 1. The van der Waals surface area contributed by atoms with Crippen LogP contribution in [0.15, 0.2) is 30.3 Å². The van der Waals surface area contributed by atoms with Gasteiger partial charge in [0.05, 0.1) is 6.04 Å². The van der Waals surface area contributed by atoms with E-state index in [4.69, 9.17) is 5.73 Å². The molecule has 1 aromatic carbocycles. The van der Waals surface area contributed by atoms with Crippen LogP contribution in [0.4, 0.5) is 0 Å². The average Bonchev–Trinajstić information content (AvgIpc) is 2.68. The zero-order valence-corrected chi connectivity index (χ0v) is 12.1. The van der Waals surface area contributed by atoms with Crippen molar-refractivity contribution in [1.29, 1.82) is 0 Å². The smallest absolute Gasteiger partial charge is 0.239 e. The Balaban J connectivity index is 0.00000180. The molecule has 1 aromatic rings. The lowest BCUT2D eigenvalue weighted by atomic mass is 10.1. The van der Waals surface area contributed by atoms with Crippen LogP contribution < -0.4 is 5.73 Å². The van der Waals surface area contributed by atoms with Crippen molar-refractivity contribution in [3.05, 3.63) is 35.9 Å². The Bertz CT molecular complexity index is 375. The second-order valence-corrected chi connectivity index (χ2v) is 5.04. The fourth-order valence-electron chi connectivity index (χ4n) is 2.48. The van der Waals surface area contributed by atoms with Gasteiger partial charge in [0.2, 0.25) is 5.91 Å². The number of carbonyl (C=O) groups is 1. The molecular weight excluding hydrogens is 260 g/mol. The molecule has 2 rings (SSSR count). The van der Waals surface area contributed by atoms with Crippen molar-refractivity contribution in [2.45, 2.75) is 38.1 Å². The molecule has 1 atom stereocenters. The minimum atomic E-state index is -0.398. The molecule has 0 aromatic heterocycles. The molecule has 4 heteroatoms. The van der Waals surface area contributed by atoms with E-state index in [0.717, 1.165) is 31.5 Å². The van der Waals surface area contributed by atoms with Gasteiger partial charge in [0.25, 0.3) is 0 Å². The predicted molar refractivity (Wildman–Crippen MR) is 80.4 cm³/mol. The molecule has 0 radical (unpaired) electrons. The number of benzene rings is 1. The van der Waals surface area contributed by atoms with Gasteiger partial charge in [0.1, 0.15) is 0 Å². The van der Waals surface area contributed by atoms with Gasteiger partial charge < -0.3 is 10.6 Å². The maximum Gasteiger partial charge on any atom is 0.239 e. The number of hydrogen-bond acceptors (Lipinski definition) is 2. The molecule has 0 saturated carbocycles. The van der Waals surface area contributed by atoms with Crippen molar-refractivity contribution in [3.8, 4) is 0 Å². The number of likely N-dealkylation sites (tertiary alicyclic amines) is 1. The summed E-state index contributed by atoms with van der Waals surface area (Å²) in [5.41, 5.74) is 7.17. The predicted octanol–water partition coefficient (Wildman–Crippen LogP) is 2.38. The lowest BCUT2D eigenvalue weighted by Gasteiger charge is -2.24. The van der Waals surface area contributed by atoms with Gasteiger partial charge in [-0.25, -0.2) is 0 Å². The average molecular weight is 283 g/mol. The highest BCUT2D eigenvalue weighted by Gasteiger charge is 2.21. The summed E-state index contributed by atoms with van der Waals surface area (Å²) in [5.74, 6) is 0.112. The molecule has 0 unspecified atom stereocenters. The monoisotopic (exact) mass is 282 g/mol. The summed E-state index contributed by atoms with van der Waals surface area (Å²) in [6.45, 7) is 1.75. The molecule has 3 nitrogen and oxygen atoms in total. The van der Waals surface area contributed by atoms with Crippen LogP contribution in [-0.4, -0.2) is 29.9 Å². The van der Waals surface area contributed by atoms with Crippen LogP contribution in [0.3, 0.4) is 0 Å². The van der Waals surface area contributed by atoms with Crippen molar-refractivity contribution >= 4 is 18.3 Å². The Hall–Kier alpha value is -1.06. The van der Waals surface area contributed by atoms with Gasteiger partial charge in [-0.3, -0.25) is 4.79 Å². The Kier molecular flexibility index (Phi) is 6.89. The summed E-state index contributed by atoms with van der Waals surface area (Å²) in [6.07, 6.45) is 5.33. The maximum absolute atomic E-state index is 12.3. The molecule has 0 bridgehead atoms. The summed E-state index contributed by atoms with van der Waals surface area (Å²) < 4.78 is 0. The van der Waals surface area contributed by atoms with E-state index in [-0.39, 0.29) is 18.3 Å². The highest BCUT2D eigenvalue weighted by atomic mass is 35.5. The SMILES string of the molecule is Cl.N[C@@H](Cc1ccccc1)C(=O)N1CCCCCC1. The summed E-state index contributed by atoms with van der Waals surface area (Å²) >= 11 is 0. The largest absolute Gasteiger partial charge is 0.341 e. The number of hydrogen-bond donors (Lipinski definition) is 1. The van der Waals surface area contributed by atoms with Gasteiger partial charge in [0.15, 0.2) is 0 Å². The molecule has 1 saturated heterocycles.